The van der Waals surface area contributed by atoms with E-state index < -0.39 is 0 Å². The summed E-state index contributed by atoms with van der Waals surface area (Å²) in [5.41, 5.74) is 9.12. The van der Waals surface area contributed by atoms with Gasteiger partial charge in [-0.05, 0) is 42.5 Å². The van der Waals surface area contributed by atoms with E-state index in [1.54, 1.807) is 24.4 Å². The highest BCUT2D eigenvalue weighted by Crippen LogP contribution is 2.23. The number of imidazole rings is 1. The molecule has 0 fully saturated rings. The number of nitrogens with zero attached hydrogens (tertiary/aromatic N) is 2. The Balaban J connectivity index is 1.48. The first kappa shape index (κ1) is 18.1. The fraction of sp³-hybridized carbons (Fsp3) is 0. The van der Waals surface area contributed by atoms with Gasteiger partial charge in [-0.1, -0.05) is 24.8 Å². The Morgan fingerprint density at radius 1 is 1.00 bits per heavy atom. The molecule has 2 heterocycles. The van der Waals surface area contributed by atoms with Crippen molar-refractivity contribution in [3.63, 3.8) is 0 Å². The molecule has 2 aromatic carbocycles. The number of carbonyl (C=O) groups is 1. The van der Waals surface area contributed by atoms with Crippen molar-refractivity contribution in [2.75, 3.05) is 21.7 Å². The summed E-state index contributed by atoms with van der Waals surface area (Å²) in [5.74, 6) is 1.19. The van der Waals surface area contributed by atoms with Crippen LogP contribution >= 0.6 is 0 Å². The molecule has 8 nitrogen and oxygen atoms in total. The number of hydrogen-bond donors (Lipinski definition) is 5. The van der Waals surface area contributed by atoms with Crippen LogP contribution in [0.5, 0.6) is 0 Å². The number of fused-ring (bicyclic) bond motifs is 1. The number of rotatable bonds is 6. The molecule has 0 saturated carbocycles. The first-order valence-corrected chi connectivity index (χ1v) is 8.88. The summed E-state index contributed by atoms with van der Waals surface area (Å²) in [6.45, 7) is 3.92. The monoisotopic (exact) mass is 385 g/mol. The molecular weight excluding hydrogens is 366 g/mol. The third-order valence-electron chi connectivity index (χ3n) is 4.17. The summed E-state index contributed by atoms with van der Waals surface area (Å²) < 4.78 is 0. The van der Waals surface area contributed by atoms with Crippen LogP contribution in [0.4, 0.5) is 23.1 Å². The van der Waals surface area contributed by atoms with Gasteiger partial charge >= 0.3 is 0 Å². The fourth-order valence-corrected chi connectivity index (χ4v) is 2.78. The number of hydrogen-bond acceptors (Lipinski definition) is 6. The molecule has 6 N–H and O–H groups in total. The maximum atomic E-state index is 12.6. The topological polar surface area (TPSA) is 121 Å². The number of nitrogen functional groups attached to an aromatic ring is 1. The SMILES string of the molecule is C=C(Nc1ccccn1)Nc1cc(C(=O)Nc2nc3ccccc3[nH]2)ccc1N. The van der Waals surface area contributed by atoms with E-state index in [0.29, 0.717) is 34.5 Å². The van der Waals surface area contributed by atoms with E-state index in [1.165, 1.54) is 0 Å². The van der Waals surface area contributed by atoms with Gasteiger partial charge < -0.3 is 21.4 Å². The van der Waals surface area contributed by atoms with Crippen LogP contribution in [0.15, 0.2) is 79.3 Å². The number of aromatic amines is 1. The molecule has 0 unspecified atom stereocenters. The van der Waals surface area contributed by atoms with Gasteiger partial charge in [0.1, 0.15) is 11.6 Å². The maximum absolute atomic E-state index is 12.6. The molecule has 29 heavy (non-hydrogen) atoms. The van der Waals surface area contributed by atoms with E-state index in [9.17, 15) is 4.79 Å². The van der Waals surface area contributed by atoms with Crippen molar-refractivity contribution in [1.29, 1.82) is 0 Å². The maximum Gasteiger partial charge on any atom is 0.258 e. The van der Waals surface area contributed by atoms with Crippen molar-refractivity contribution in [1.82, 2.24) is 15.0 Å². The number of H-pyrrole nitrogens is 1. The predicted octanol–water partition coefficient (Wildman–Crippen LogP) is 3.79. The van der Waals surface area contributed by atoms with Crippen LogP contribution in [0.2, 0.25) is 0 Å². The number of carbonyl (C=O) groups excluding carboxylic acids is 1. The Hall–Kier alpha value is -4.33. The fourth-order valence-electron chi connectivity index (χ4n) is 2.78. The van der Waals surface area contributed by atoms with E-state index >= 15 is 0 Å². The molecule has 0 atom stereocenters. The first-order valence-electron chi connectivity index (χ1n) is 8.88. The van der Waals surface area contributed by atoms with Gasteiger partial charge in [0.15, 0.2) is 0 Å². The summed E-state index contributed by atoms with van der Waals surface area (Å²) in [6.07, 6.45) is 1.67. The van der Waals surface area contributed by atoms with Crippen LogP contribution in [0.25, 0.3) is 11.0 Å². The predicted molar refractivity (Wildman–Crippen MR) is 116 cm³/mol. The van der Waals surface area contributed by atoms with Gasteiger partial charge in [0.2, 0.25) is 5.95 Å². The van der Waals surface area contributed by atoms with E-state index in [-0.39, 0.29) is 5.91 Å². The normalized spacial score (nSPS) is 10.5. The van der Waals surface area contributed by atoms with Crippen molar-refractivity contribution in [2.45, 2.75) is 0 Å². The zero-order chi connectivity index (χ0) is 20.2. The number of amides is 1. The minimum atomic E-state index is -0.310. The standard InChI is InChI=1S/C21H19N7O/c1-13(25-19-8-4-5-11-23-19)24-18-12-14(9-10-15(18)22)20(29)28-21-26-16-6-2-3-7-17(16)27-21/h2-12,24H,1,22H2,(H,23,25)(H2,26,27,28,29). The third-order valence-corrected chi connectivity index (χ3v) is 4.17. The Bertz CT molecular complexity index is 1150. The quantitative estimate of drug-likeness (QED) is 0.322. The molecule has 8 heteroatoms. The second-order valence-electron chi connectivity index (χ2n) is 6.30. The van der Waals surface area contributed by atoms with Crippen LogP contribution < -0.4 is 21.7 Å². The van der Waals surface area contributed by atoms with Gasteiger partial charge in [0, 0.05) is 11.8 Å². The number of benzene rings is 2. The molecule has 144 valence electrons. The molecule has 0 spiro atoms. The third kappa shape index (κ3) is 4.16. The molecule has 0 aliphatic carbocycles. The zero-order valence-corrected chi connectivity index (χ0v) is 15.4. The summed E-state index contributed by atoms with van der Waals surface area (Å²) in [4.78, 5) is 24.2. The lowest BCUT2D eigenvalue weighted by Gasteiger charge is -2.14. The minimum Gasteiger partial charge on any atom is -0.397 e. The minimum absolute atomic E-state index is 0.310. The van der Waals surface area contributed by atoms with Crippen molar-refractivity contribution < 1.29 is 4.79 Å². The van der Waals surface area contributed by atoms with Crippen molar-refractivity contribution in [2.24, 2.45) is 0 Å². The molecule has 0 saturated heterocycles. The number of nitrogens with two attached hydrogens (primary N) is 1. The summed E-state index contributed by atoms with van der Waals surface area (Å²) in [6, 6.07) is 18.0. The number of anilines is 4. The second-order valence-corrected chi connectivity index (χ2v) is 6.30. The molecule has 0 aliphatic heterocycles. The Kier molecular flexibility index (Phi) is 4.81. The molecule has 1 amide bonds. The van der Waals surface area contributed by atoms with Crippen LogP contribution in [0, 0.1) is 0 Å². The Morgan fingerprint density at radius 2 is 1.83 bits per heavy atom. The van der Waals surface area contributed by atoms with Gasteiger partial charge in [-0.25, -0.2) is 9.97 Å². The number of nitrogens with one attached hydrogen (secondary N) is 4. The van der Waals surface area contributed by atoms with Gasteiger partial charge in [0.25, 0.3) is 5.91 Å². The lowest BCUT2D eigenvalue weighted by atomic mass is 10.1. The van der Waals surface area contributed by atoms with E-state index in [0.717, 1.165) is 11.0 Å². The molecule has 0 aliphatic rings. The van der Waals surface area contributed by atoms with Crippen LogP contribution in [0.3, 0.4) is 0 Å². The summed E-state index contributed by atoms with van der Waals surface area (Å²) in [7, 11) is 0. The highest BCUT2D eigenvalue weighted by Gasteiger charge is 2.12. The van der Waals surface area contributed by atoms with Crippen molar-refractivity contribution >= 4 is 40.1 Å². The molecule has 0 bridgehead atoms. The smallest absolute Gasteiger partial charge is 0.258 e. The molecule has 2 aromatic heterocycles. The molecular formula is C21H19N7O. The largest absolute Gasteiger partial charge is 0.397 e. The highest BCUT2D eigenvalue weighted by molar-refractivity contribution is 6.05. The first-order chi connectivity index (χ1) is 14.1. The summed E-state index contributed by atoms with van der Waals surface area (Å²) in [5, 5.41) is 8.86. The Morgan fingerprint density at radius 3 is 2.62 bits per heavy atom. The van der Waals surface area contributed by atoms with Crippen molar-refractivity contribution in [3.05, 3.63) is 84.8 Å². The molecule has 0 radical (unpaired) electrons. The molecule has 4 aromatic rings. The van der Waals surface area contributed by atoms with E-state index in [4.69, 9.17) is 5.73 Å². The molecule has 4 rings (SSSR count). The van der Waals surface area contributed by atoms with Gasteiger partial charge in [0.05, 0.1) is 22.4 Å². The van der Waals surface area contributed by atoms with Gasteiger partial charge in [-0.2, -0.15) is 0 Å². The van der Waals surface area contributed by atoms with Crippen molar-refractivity contribution in [3.8, 4) is 0 Å². The number of para-hydroxylation sites is 2. The zero-order valence-electron chi connectivity index (χ0n) is 15.4. The lowest BCUT2D eigenvalue weighted by molar-refractivity contribution is 0.102. The average Bonchev–Trinajstić information content (AvgIpc) is 3.12. The second kappa shape index (κ2) is 7.73. The number of aromatic nitrogens is 3. The lowest BCUT2D eigenvalue weighted by Crippen LogP contribution is -2.15. The average molecular weight is 385 g/mol. The van der Waals surface area contributed by atoms with E-state index in [2.05, 4.69) is 37.5 Å². The van der Waals surface area contributed by atoms with E-state index in [1.807, 2.05) is 42.5 Å². The Labute approximate surface area is 166 Å². The van der Waals surface area contributed by atoms with Gasteiger partial charge in [-0.15, -0.1) is 0 Å². The summed E-state index contributed by atoms with van der Waals surface area (Å²) >= 11 is 0. The van der Waals surface area contributed by atoms with Crippen LogP contribution in [-0.2, 0) is 0 Å². The van der Waals surface area contributed by atoms with Crippen LogP contribution in [-0.4, -0.2) is 20.9 Å². The van der Waals surface area contributed by atoms with Gasteiger partial charge in [-0.3, -0.25) is 10.1 Å². The highest BCUT2D eigenvalue weighted by atomic mass is 16.1. The van der Waals surface area contributed by atoms with Crippen LogP contribution in [0.1, 0.15) is 10.4 Å². The number of pyridine rings is 1.